The Kier molecular flexibility index (Phi) is 4.83. The summed E-state index contributed by atoms with van der Waals surface area (Å²) in [6.45, 7) is 8.49. The zero-order valence-electron chi connectivity index (χ0n) is 14.0. The molecule has 1 saturated carbocycles. The van der Waals surface area contributed by atoms with Gasteiger partial charge in [0.25, 0.3) is 0 Å². The van der Waals surface area contributed by atoms with Gasteiger partial charge >= 0.3 is 0 Å². The van der Waals surface area contributed by atoms with Gasteiger partial charge in [0.15, 0.2) is 5.96 Å². The third-order valence-electron chi connectivity index (χ3n) is 4.75. The van der Waals surface area contributed by atoms with E-state index in [1.807, 2.05) is 12.1 Å². The Morgan fingerprint density at radius 3 is 2.65 bits per heavy atom. The Balaban J connectivity index is 1.61. The van der Waals surface area contributed by atoms with Gasteiger partial charge < -0.3 is 15.4 Å². The Morgan fingerprint density at radius 1 is 1.30 bits per heavy atom. The van der Waals surface area contributed by atoms with Crippen molar-refractivity contribution in [3.05, 3.63) is 34.9 Å². The van der Waals surface area contributed by atoms with Crippen molar-refractivity contribution in [3.63, 3.8) is 0 Å². The van der Waals surface area contributed by atoms with E-state index >= 15 is 0 Å². The minimum atomic E-state index is 0.201. The van der Waals surface area contributed by atoms with Crippen LogP contribution in [0.5, 0.6) is 0 Å². The van der Waals surface area contributed by atoms with E-state index in [1.54, 1.807) is 0 Å². The number of guanidine groups is 1. The van der Waals surface area contributed by atoms with Gasteiger partial charge in [0, 0.05) is 28.9 Å². The SMILES string of the molecule is CCNC(=NCC1(C)COC1)NCC1(c2cccc(Cl)c2)CC1. The fourth-order valence-electron chi connectivity index (χ4n) is 2.94. The van der Waals surface area contributed by atoms with Crippen molar-refractivity contribution in [1.29, 1.82) is 0 Å². The second kappa shape index (κ2) is 6.70. The van der Waals surface area contributed by atoms with Crippen LogP contribution in [0.1, 0.15) is 32.3 Å². The fourth-order valence-corrected chi connectivity index (χ4v) is 3.13. The Labute approximate surface area is 143 Å². The lowest BCUT2D eigenvalue weighted by molar-refractivity contribution is -0.0945. The molecule has 4 nitrogen and oxygen atoms in total. The van der Waals surface area contributed by atoms with E-state index in [9.17, 15) is 0 Å². The molecular weight excluding hydrogens is 310 g/mol. The third kappa shape index (κ3) is 3.99. The highest BCUT2D eigenvalue weighted by atomic mass is 35.5. The molecule has 0 amide bonds. The van der Waals surface area contributed by atoms with Gasteiger partial charge in [-0.15, -0.1) is 0 Å². The fraction of sp³-hybridized carbons (Fsp3) is 0.611. The predicted molar refractivity (Wildman–Crippen MR) is 95.3 cm³/mol. The number of nitrogens with zero attached hydrogens (tertiary/aromatic N) is 1. The summed E-state index contributed by atoms with van der Waals surface area (Å²) in [6.07, 6.45) is 2.40. The maximum Gasteiger partial charge on any atom is 0.191 e. The predicted octanol–water partition coefficient (Wildman–Crippen LogP) is 2.96. The molecule has 126 valence electrons. The number of benzene rings is 1. The average molecular weight is 336 g/mol. The van der Waals surface area contributed by atoms with E-state index in [0.29, 0.717) is 0 Å². The molecule has 1 aliphatic heterocycles. The van der Waals surface area contributed by atoms with Crippen LogP contribution in [-0.4, -0.2) is 38.8 Å². The molecule has 1 aromatic rings. The quantitative estimate of drug-likeness (QED) is 0.620. The second-order valence-electron chi connectivity index (χ2n) is 7.14. The summed E-state index contributed by atoms with van der Waals surface area (Å²) in [5.41, 5.74) is 1.74. The maximum atomic E-state index is 6.15. The molecule has 0 atom stereocenters. The number of rotatable bonds is 6. The lowest BCUT2D eigenvalue weighted by Gasteiger charge is -2.36. The first-order valence-electron chi connectivity index (χ1n) is 8.41. The van der Waals surface area contributed by atoms with Crippen molar-refractivity contribution in [2.24, 2.45) is 10.4 Å². The summed E-state index contributed by atoms with van der Waals surface area (Å²) < 4.78 is 5.30. The Hall–Kier alpha value is -1.26. The van der Waals surface area contributed by atoms with E-state index in [-0.39, 0.29) is 10.8 Å². The highest BCUT2D eigenvalue weighted by Crippen LogP contribution is 2.48. The van der Waals surface area contributed by atoms with Crippen LogP contribution in [0, 0.1) is 5.41 Å². The number of hydrogen-bond donors (Lipinski definition) is 2. The minimum Gasteiger partial charge on any atom is -0.380 e. The number of ether oxygens (including phenoxy) is 1. The van der Waals surface area contributed by atoms with Gasteiger partial charge in [-0.25, -0.2) is 0 Å². The summed E-state index contributed by atoms with van der Waals surface area (Å²) in [7, 11) is 0. The van der Waals surface area contributed by atoms with Crippen molar-refractivity contribution < 1.29 is 4.74 Å². The first kappa shape index (κ1) is 16.6. The van der Waals surface area contributed by atoms with E-state index in [4.69, 9.17) is 21.3 Å². The first-order valence-corrected chi connectivity index (χ1v) is 8.79. The topological polar surface area (TPSA) is 45.7 Å². The lowest BCUT2D eigenvalue weighted by atomic mass is 9.89. The molecule has 0 aromatic heterocycles. The lowest BCUT2D eigenvalue weighted by Crippen LogP contribution is -2.45. The van der Waals surface area contributed by atoms with E-state index in [2.05, 4.69) is 36.6 Å². The van der Waals surface area contributed by atoms with Crippen molar-refractivity contribution >= 4 is 17.6 Å². The molecule has 1 aliphatic carbocycles. The molecule has 2 N–H and O–H groups in total. The summed E-state index contributed by atoms with van der Waals surface area (Å²) in [6, 6.07) is 8.24. The van der Waals surface area contributed by atoms with Gasteiger partial charge in [-0.2, -0.15) is 0 Å². The molecule has 1 aromatic carbocycles. The van der Waals surface area contributed by atoms with E-state index in [0.717, 1.165) is 43.8 Å². The molecule has 0 bridgehead atoms. The summed E-state index contributed by atoms with van der Waals surface area (Å²) in [4.78, 5) is 4.74. The molecule has 23 heavy (non-hydrogen) atoms. The van der Waals surface area contributed by atoms with Crippen molar-refractivity contribution in [1.82, 2.24) is 10.6 Å². The highest BCUT2D eigenvalue weighted by molar-refractivity contribution is 6.30. The second-order valence-corrected chi connectivity index (χ2v) is 7.58. The van der Waals surface area contributed by atoms with Gasteiger partial charge in [-0.1, -0.05) is 30.7 Å². The van der Waals surface area contributed by atoms with Crippen molar-refractivity contribution in [3.8, 4) is 0 Å². The number of nitrogens with one attached hydrogen (secondary N) is 2. The van der Waals surface area contributed by atoms with Crippen LogP contribution in [0.4, 0.5) is 0 Å². The molecule has 1 heterocycles. The van der Waals surface area contributed by atoms with Gasteiger partial charge in [-0.3, -0.25) is 4.99 Å². The number of hydrogen-bond acceptors (Lipinski definition) is 2. The maximum absolute atomic E-state index is 6.15. The minimum absolute atomic E-state index is 0.201. The van der Waals surface area contributed by atoms with Gasteiger partial charge in [0.05, 0.1) is 19.8 Å². The largest absolute Gasteiger partial charge is 0.380 e. The number of aliphatic imine (C=N–C) groups is 1. The molecule has 5 heteroatoms. The van der Waals surface area contributed by atoms with Crippen LogP contribution in [0.15, 0.2) is 29.3 Å². The van der Waals surface area contributed by atoms with E-state index < -0.39 is 0 Å². The normalized spacial score (nSPS) is 21.4. The van der Waals surface area contributed by atoms with Crippen LogP contribution in [-0.2, 0) is 10.2 Å². The highest BCUT2D eigenvalue weighted by Gasteiger charge is 2.44. The molecular formula is C18H26ClN3O. The van der Waals surface area contributed by atoms with Crippen LogP contribution in [0.2, 0.25) is 5.02 Å². The molecule has 0 radical (unpaired) electrons. The van der Waals surface area contributed by atoms with Crippen LogP contribution in [0.3, 0.4) is 0 Å². The molecule has 2 fully saturated rings. The monoisotopic (exact) mass is 335 g/mol. The van der Waals surface area contributed by atoms with Crippen LogP contribution < -0.4 is 10.6 Å². The summed E-state index contributed by atoms with van der Waals surface area (Å²) in [5.74, 6) is 0.897. The zero-order chi connectivity index (χ0) is 16.3. The summed E-state index contributed by atoms with van der Waals surface area (Å²) in [5, 5.41) is 7.67. The summed E-state index contributed by atoms with van der Waals surface area (Å²) >= 11 is 6.15. The van der Waals surface area contributed by atoms with Crippen LogP contribution in [0.25, 0.3) is 0 Å². The van der Waals surface area contributed by atoms with Crippen molar-refractivity contribution in [2.75, 3.05) is 32.8 Å². The molecule has 0 spiro atoms. The van der Waals surface area contributed by atoms with Gasteiger partial charge in [0.1, 0.15) is 0 Å². The van der Waals surface area contributed by atoms with Gasteiger partial charge in [0.2, 0.25) is 0 Å². The zero-order valence-corrected chi connectivity index (χ0v) is 14.7. The Morgan fingerprint density at radius 2 is 2.09 bits per heavy atom. The van der Waals surface area contributed by atoms with Crippen LogP contribution >= 0.6 is 11.6 Å². The third-order valence-corrected chi connectivity index (χ3v) is 4.98. The molecule has 2 aliphatic rings. The number of halogens is 1. The molecule has 3 rings (SSSR count). The van der Waals surface area contributed by atoms with Crippen molar-refractivity contribution in [2.45, 2.75) is 32.1 Å². The van der Waals surface area contributed by atoms with Gasteiger partial charge in [-0.05, 0) is 37.5 Å². The standard InChI is InChI=1S/C18H26ClN3O/c1-3-20-16(21-10-17(2)12-23-13-17)22-11-18(7-8-18)14-5-4-6-15(19)9-14/h4-6,9H,3,7-8,10-13H2,1-2H3,(H2,20,21,22). The molecule has 0 unspecified atom stereocenters. The van der Waals surface area contributed by atoms with E-state index in [1.165, 1.54) is 18.4 Å². The first-order chi connectivity index (χ1) is 11.1. The smallest absolute Gasteiger partial charge is 0.191 e. The molecule has 1 saturated heterocycles. The average Bonchev–Trinajstić information content (AvgIpc) is 3.29. The Bertz CT molecular complexity index is 579.